The lowest BCUT2D eigenvalue weighted by molar-refractivity contribution is -0.0640. The largest absolute Gasteiger partial charge is 0.394 e. The Morgan fingerprint density at radius 1 is 1.89 bits per heavy atom. The van der Waals surface area contributed by atoms with Crippen molar-refractivity contribution in [3.63, 3.8) is 0 Å². The van der Waals surface area contributed by atoms with Crippen LogP contribution < -0.4 is 5.73 Å². The quantitative estimate of drug-likeness (QED) is 0.461. The summed E-state index contributed by atoms with van der Waals surface area (Å²) in [5, 5.41) is 10.4. The van der Waals surface area contributed by atoms with Gasteiger partial charge in [0.05, 0.1) is 19.3 Å². The number of hydrogen-bond acceptors (Lipinski definition) is 4. The number of nitrogens with two attached hydrogens (primary N) is 1. The molecule has 0 aromatic rings. The molecule has 1 heterocycles. The molecule has 0 bridgehead atoms. The van der Waals surface area contributed by atoms with Crippen LogP contribution >= 0.6 is 0 Å². The molecule has 0 amide bonds. The Balaban J connectivity index is 2.37. The lowest BCUT2D eigenvalue weighted by Gasteiger charge is -2.08. The van der Waals surface area contributed by atoms with Crippen LogP contribution in [0.3, 0.4) is 0 Å². The van der Waals surface area contributed by atoms with E-state index >= 15 is 0 Å². The van der Waals surface area contributed by atoms with Crippen LogP contribution in [0, 0.1) is 0 Å². The Morgan fingerprint density at radius 3 is 2.67 bits per heavy atom. The molecule has 0 radical (unpaired) electrons. The lowest BCUT2D eigenvalue weighted by atomic mass is 10.2. The van der Waals surface area contributed by atoms with Crippen molar-refractivity contribution in [2.24, 2.45) is 5.73 Å². The van der Waals surface area contributed by atoms with E-state index in [1.807, 2.05) is 0 Å². The number of hydroxylamine groups is 2. The van der Waals surface area contributed by atoms with Gasteiger partial charge in [-0.3, -0.25) is 0 Å². The zero-order valence-corrected chi connectivity index (χ0v) is 5.50. The molecule has 0 aromatic carbocycles. The zero-order valence-electron chi connectivity index (χ0n) is 5.50. The van der Waals surface area contributed by atoms with Crippen molar-refractivity contribution in [3.8, 4) is 0 Å². The Morgan fingerprint density at radius 2 is 2.56 bits per heavy atom. The standard InChI is InChI=1S/C5H12N2O2/c1-9-7-3-5(7,2-6)4-8/h8H,2-4,6H2,1H3. The van der Waals surface area contributed by atoms with Gasteiger partial charge in [-0.25, -0.2) is 0 Å². The molecule has 0 saturated carbocycles. The number of aliphatic hydroxyl groups is 1. The topological polar surface area (TPSA) is 58.5 Å². The molecule has 1 aliphatic heterocycles. The van der Waals surface area contributed by atoms with Gasteiger partial charge in [0.25, 0.3) is 0 Å². The molecule has 1 fully saturated rings. The van der Waals surface area contributed by atoms with Crippen LogP contribution in [0.2, 0.25) is 0 Å². The first kappa shape index (κ1) is 6.95. The Hall–Kier alpha value is -0.160. The lowest BCUT2D eigenvalue weighted by Crippen LogP contribution is -2.32. The molecule has 4 nitrogen and oxygen atoms in total. The number of rotatable bonds is 3. The summed E-state index contributed by atoms with van der Waals surface area (Å²) in [5.41, 5.74) is 5.11. The molecule has 1 saturated heterocycles. The van der Waals surface area contributed by atoms with Gasteiger partial charge < -0.3 is 15.7 Å². The van der Waals surface area contributed by atoms with Gasteiger partial charge in [0, 0.05) is 13.1 Å². The van der Waals surface area contributed by atoms with Crippen LogP contribution in [-0.2, 0) is 4.84 Å². The second kappa shape index (κ2) is 2.22. The fourth-order valence-electron chi connectivity index (χ4n) is 0.850. The van der Waals surface area contributed by atoms with Crippen molar-refractivity contribution in [2.45, 2.75) is 5.54 Å². The zero-order chi connectivity index (χ0) is 6.91. The van der Waals surface area contributed by atoms with E-state index in [1.165, 1.54) is 0 Å². The van der Waals surface area contributed by atoms with Crippen LogP contribution in [-0.4, -0.2) is 42.5 Å². The van der Waals surface area contributed by atoms with E-state index in [4.69, 9.17) is 15.7 Å². The third-order valence-corrected chi connectivity index (χ3v) is 1.76. The predicted molar refractivity (Wildman–Crippen MR) is 32.6 cm³/mol. The molecule has 0 spiro atoms. The smallest absolute Gasteiger partial charge is 0.0964 e. The van der Waals surface area contributed by atoms with E-state index < -0.39 is 0 Å². The Kier molecular flexibility index (Phi) is 1.72. The highest BCUT2D eigenvalue weighted by Crippen LogP contribution is 2.29. The first-order valence-corrected chi connectivity index (χ1v) is 2.92. The van der Waals surface area contributed by atoms with Crippen molar-refractivity contribution < 1.29 is 9.94 Å². The summed E-state index contributed by atoms with van der Waals surface area (Å²) in [6.45, 7) is 1.28. The van der Waals surface area contributed by atoms with Gasteiger partial charge >= 0.3 is 0 Å². The second-order valence-electron chi connectivity index (χ2n) is 2.31. The first-order valence-electron chi connectivity index (χ1n) is 2.92. The third-order valence-electron chi connectivity index (χ3n) is 1.76. The van der Waals surface area contributed by atoms with Crippen LogP contribution in [0.4, 0.5) is 0 Å². The summed E-state index contributed by atoms with van der Waals surface area (Å²) in [4.78, 5) is 4.85. The van der Waals surface area contributed by atoms with E-state index in [2.05, 4.69) is 0 Å². The minimum absolute atomic E-state index is 0.0807. The summed E-state index contributed by atoms with van der Waals surface area (Å²) in [5.74, 6) is 0. The second-order valence-corrected chi connectivity index (χ2v) is 2.31. The SMILES string of the molecule is CON1CC1(CN)CO. The predicted octanol–water partition coefficient (Wildman–Crippen LogP) is -1.45. The van der Waals surface area contributed by atoms with Crippen molar-refractivity contribution >= 4 is 0 Å². The summed E-state index contributed by atoms with van der Waals surface area (Å²) >= 11 is 0. The van der Waals surface area contributed by atoms with Gasteiger partial charge in [0.15, 0.2) is 0 Å². The summed E-state index contributed by atoms with van der Waals surface area (Å²) < 4.78 is 0. The molecule has 9 heavy (non-hydrogen) atoms. The van der Waals surface area contributed by atoms with E-state index in [9.17, 15) is 0 Å². The summed E-state index contributed by atoms with van der Waals surface area (Å²) in [6, 6.07) is 0. The average Bonchev–Trinajstić information content (AvgIpc) is 2.63. The molecular formula is C5H12N2O2. The van der Waals surface area contributed by atoms with Gasteiger partial charge in [-0.05, 0) is 0 Å². The molecule has 3 N–H and O–H groups in total. The van der Waals surface area contributed by atoms with Crippen LogP contribution in [0.1, 0.15) is 0 Å². The van der Waals surface area contributed by atoms with Crippen molar-refractivity contribution in [3.05, 3.63) is 0 Å². The molecular weight excluding hydrogens is 120 g/mol. The third kappa shape index (κ3) is 0.943. The molecule has 1 aliphatic rings. The minimum Gasteiger partial charge on any atom is -0.394 e. The van der Waals surface area contributed by atoms with E-state index in [-0.39, 0.29) is 12.1 Å². The van der Waals surface area contributed by atoms with E-state index in [0.29, 0.717) is 6.54 Å². The maximum absolute atomic E-state index is 8.76. The molecule has 1 rings (SSSR count). The molecule has 54 valence electrons. The van der Waals surface area contributed by atoms with Crippen LogP contribution in [0.15, 0.2) is 0 Å². The van der Waals surface area contributed by atoms with Crippen LogP contribution in [0.25, 0.3) is 0 Å². The normalized spacial score (nSPS) is 41.0. The maximum Gasteiger partial charge on any atom is 0.0964 e. The Labute approximate surface area is 54.2 Å². The van der Waals surface area contributed by atoms with Crippen molar-refractivity contribution in [2.75, 3.05) is 26.8 Å². The van der Waals surface area contributed by atoms with Gasteiger partial charge in [0.1, 0.15) is 0 Å². The van der Waals surface area contributed by atoms with Crippen molar-refractivity contribution in [1.82, 2.24) is 5.06 Å². The summed E-state index contributed by atoms with van der Waals surface area (Å²) in [7, 11) is 1.58. The Bertz CT molecular complexity index is 103. The molecule has 2 unspecified atom stereocenters. The highest BCUT2D eigenvalue weighted by atomic mass is 16.7. The minimum atomic E-state index is -0.255. The molecule has 4 heteroatoms. The van der Waals surface area contributed by atoms with E-state index in [0.717, 1.165) is 6.54 Å². The van der Waals surface area contributed by atoms with Crippen molar-refractivity contribution in [1.29, 1.82) is 0 Å². The van der Waals surface area contributed by atoms with E-state index in [1.54, 1.807) is 12.2 Å². The molecule has 0 aliphatic carbocycles. The van der Waals surface area contributed by atoms with Gasteiger partial charge in [-0.1, -0.05) is 0 Å². The number of nitrogens with zero attached hydrogens (tertiary/aromatic N) is 1. The monoisotopic (exact) mass is 132 g/mol. The number of hydrogen-bond donors (Lipinski definition) is 2. The highest BCUT2D eigenvalue weighted by Gasteiger charge is 2.51. The fourth-order valence-corrected chi connectivity index (χ4v) is 0.850. The average molecular weight is 132 g/mol. The van der Waals surface area contributed by atoms with Gasteiger partial charge in [-0.15, -0.1) is 0 Å². The van der Waals surface area contributed by atoms with Gasteiger partial charge in [0.2, 0.25) is 0 Å². The fraction of sp³-hybridized carbons (Fsp3) is 1.00. The maximum atomic E-state index is 8.76. The number of aliphatic hydroxyl groups excluding tert-OH is 1. The van der Waals surface area contributed by atoms with Crippen LogP contribution in [0.5, 0.6) is 0 Å². The highest BCUT2D eigenvalue weighted by molar-refractivity contribution is 5.03. The first-order chi connectivity index (χ1) is 4.29. The van der Waals surface area contributed by atoms with Gasteiger partial charge in [-0.2, -0.15) is 5.06 Å². The summed E-state index contributed by atoms with van der Waals surface area (Å²) in [6.07, 6.45) is 0. The molecule has 2 atom stereocenters. The molecule has 0 aromatic heterocycles.